The SMILES string of the molecule is CCNCc1cc(Br)c(OCCc2ccncc2)c(Br)c1. The molecule has 0 radical (unpaired) electrons. The molecule has 1 aromatic carbocycles. The second kappa shape index (κ2) is 8.51. The highest BCUT2D eigenvalue weighted by molar-refractivity contribution is 9.11. The predicted molar refractivity (Wildman–Crippen MR) is 92.7 cm³/mol. The van der Waals surface area contributed by atoms with Crippen LogP contribution in [0.15, 0.2) is 45.6 Å². The standard InChI is InChI=1S/C16H18Br2N2O/c1-2-19-11-13-9-14(17)16(15(18)10-13)21-8-5-12-3-6-20-7-4-12/h3-4,6-7,9-10,19H,2,5,8,11H2,1H3. The van der Waals surface area contributed by atoms with Crippen LogP contribution in [0.25, 0.3) is 0 Å². The number of ether oxygens (including phenoxy) is 1. The van der Waals surface area contributed by atoms with Gasteiger partial charge in [-0.25, -0.2) is 0 Å². The van der Waals surface area contributed by atoms with E-state index < -0.39 is 0 Å². The van der Waals surface area contributed by atoms with Gasteiger partial charge in [0, 0.05) is 25.4 Å². The Hall–Kier alpha value is -0.910. The number of benzene rings is 1. The third-order valence-corrected chi connectivity index (χ3v) is 4.20. The predicted octanol–water partition coefficient (Wildman–Crippen LogP) is 4.34. The summed E-state index contributed by atoms with van der Waals surface area (Å²) in [5.74, 6) is 0.851. The second-order valence-electron chi connectivity index (χ2n) is 4.62. The van der Waals surface area contributed by atoms with Crippen LogP contribution in [0.2, 0.25) is 0 Å². The molecular formula is C16H18Br2N2O. The lowest BCUT2D eigenvalue weighted by atomic mass is 10.2. The number of aromatic nitrogens is 1. The lowest BCUT2D eigenvalue weighted by Crippen LogP contribution is -2.12. The van der Waals surface area contributed by atoms with E-state index in [9.17, 15) is 0 Å². The Bertz CT molecular complexity index is 553. The zero-order valence-corrected chi connectivity index (χ0v) is 15.1. The van der Waals surface area contributed by atoms with E-state index in [4.69, 9.17) is 4.74 Å². The summed E-state index contributed by atoms with van der Waals surface area (Å²) >= 11 is 7.17. The monoisotopic (exact) mass is 412 g/mol. The normalized spacial score (nSPS) is 10.6. The summed E-state index contributed by atoms with van der Waals surface area (Å²) in [6, 6.07) is 8.20. The van der Waals surface area contributed by atoms with Crippen LogP contribution in [-0.2, 0) is 13.0 Å². The van der Waals surface area contributed by atoms with Gasteiger partial charge in [0.1, 0.15) is 5.75 Å². The molecule has 0 unspecified atom stereocenters. The third kappa shape index (κ3) is 5.09. The molecule has 0 spiro atoms. The Morgan fingerprint density at radius 2 is 1.76 bits per heavy atom. The van der Waals surface area contributed by atoms with Crippen LogP contribution in [-0.4, -0.2) is 18.1 Å². The van der Waals surface area contributed by atoms with E-state index in [1.165, 1.54) is 11.1 Å². The minimum Gasteiger partial charge on any atom is -0.491 e. The number of nitrogens with one attached hydrogen (secondary N) is 1. The van der Waals surface area contributed by atoms with Gasteiger partial charge in [0.2, 0.25) is 0 Å². The second-order valence-corrected chi connectivity index (χ2v) is 6.33. The Kier molecular flexibility index (Phi) is 6.67. The largest absolute Gasteiger partial charge is 0.491 e. The highest BCUT2D eigenvalue weighted by Crippen LogP contribution is 2.34. The van der Waals surface area contributed by atoms with Gasteiger partial charge in [-0.1, -0.05) is 6.92 Å². The first kappa shape index (κ1) is 16.5. The van der Waals surface area contributed by atoms with Crippen molar-refractivity contribution < 1.29 is 4.74 Å². The van der Waals surface area contributed by atoms with E-state index in [1.807, 2.05) is 12.1 Å². The number of halogens is 2. The van der Waals surface area contributed by atoms with Crippen molar-refractivity contribution in [3.8, 4) is 5.75 Å². The first-order valence-electron chi connectivity index (χ1n) is 6.91. The fraction of sp³-hybridized carbons (Fsp3) is 0.312. The van der Waals surface area contributed by atoms with E-state index >= 15 is 0 Å². The van der Waals surface area contributed by atoms with E-state index in [1.54, 1.807) is 12.4 Å². The van der Waals surface area contributed by atoms with Crippen molar-refractivity contribution in [2.75, 3.05) is 13.2 Å². The van der Waals surface area contributed by atoms with Crippen molar-refractivity contribution >= 4 is 31.9 Å². The molecule has 1 heterocycles. The van der Waals surface area contributed by atoms with Crippen LogP contribution in [0.1, 0.15) is 18.1 Å². The maximum absolute atomic E-state index is 5.90. The van der Waals surface area contributed by atoms with Gasteiger partial charge < -0.3 is 10.1 Å². The zero-order valence-electron chi connectivity index (χ0n) is 11.9. The van der Waals surface area contributed by atoms with Gasteiger partial charge in [0.15, 0.2) is 0 Å². The lowest BCUT2D eigenvalue weighted by Gasteiger charge is -2.12. The Morgan fingerprint density at radius 3 is 2.38 bits per heavy atom. The first-order chi connectivity index (χ1) is 10.2. The first-order valence-corrected chi connectivity index (χ1v) is 8.49. The summed E-state index contributed by atoms with van der Waals surface area (Å²) in [5.41, 5.74) is 2.44. The van der Waals surface area contributed by atoms with Crippen molar-refractivity contribution in [1.82, 2.24) is 10.3 Å². The number of hydrogen-bond acceptors (Lipinski definition) is 3. The summed E-state index contributed by atoms with van der Waals surface area (Å²) in [7, 11) is 0. The average Bonchev–Trinajstić information content (AvgIpc) is 2.49. The number of nitrogens with zero attached hydrogens (tertiary/aromatic N) is 1. The van der Waals surface area contributed by atoms with Crippen molar-refractivity contribution in [2.24, 2.45) is 0 Å². The zero-order chi connectivity index (χ0) is 15.1. The fourth-order valence-electron chi connectivity index (χ4n) is 1.94. The molecule has 2 aromatic rings. The molecule has 0 amide bonds. The van der Waals surface area contributed by atoms with Crippen LogP contribution in [0.5, 0.6) is 5.75 Å². The molecule has 1 N–H and O–H groups in total. The quantitative estimate of drug-likeness (QED) is 0.733. The molecular weight excluding hydrogens is 396 g/mol. The Balaban J connectivity index is 1.96. The molecule has 0 atom stereocenters. The Morgan fingerprint density at radius 1 is 1.10 bits per heavy atom. The summed E-state index contributed by atoms with van der Waals surface area (Å²) in [5, 5.41) is 3.31. The van der Waals surface area contributed by atoms with E-state index in [2.05, 4.69) is 61.2 Å². The molecule has 0 saturated carbocycles. The van der Waals surface area contributed by atoms with Gasteiger partial charge in [-0.05, 0) is 73.8 Å². The van der Waals surface area contributed by atoms with Crippen LogP contribution < -0.4 is 10.1 Å². The van der Waals surface area contributed by atoms with Crippen molar-refractivity contribution in [3.63, 3.8) is 0 Å². The molecule has 0 bridgehead atoms. The highest BCUT2D eigenvalue weighted by Gasteiger charge is 2.09. The van der Waals surface area contributed by atoms with E-state index in [0.29, 0.717) is 6.61 Å². The third-order valence-electron chi connectivity index (χ3n) is 3.02. The van der Waals surface area contributed by atoms with Crippen molar-refractivity contribution in [3.05, 3.63) is 56.7 Å². The minimum atomic E-state index is 0.633. The Labute approximate surface area is 142 Å². The topological polar surface area (TPSA) is 34.1 Å². The number of pyridine rings is 1. The molecule has 0 aliphatic carbocycles. The maximum atomic E-state index is 5.90. The van der Waals surface area contributed by atoms with Gasteiger partial charge in [-0.2, -0.15) is 0 Å². The number of hydrogen-bond donors (Lipinski definition) is 1. The van der Waals surface area contributed by atoms with Crippen LogP contribution in [0.4, 0.5) is 0 Å². The van der Waals surface area contributed by atoms with E-state index in [-0.39, 0.29) is 0 Å². The van der Waals surface area contributed by atoms with Gasteiger partial charge >= 0.3 is 0 Å². The molecule has 3 nitrogen and oxygen atoms in total. The van der Waals surface area contributed by atoms with Gasteiger partial charge in [-0.15, -0.1) is 0 Å². The molecule has 21 heavy (non-hydrogen) atoms. The lowest BCUT2D eigenvalue weighted by molar-refractivity contribution is 0.318. The molecule has 0 saturated heterocycles. The molecule has 112 valence electrons. The molecule has 0 aliphatic heterocycles. The van der Waals surface area contributed by atoms with Gasteiger partial charge in [0.25, 0.3) is 0 Å². The summed E-state index contributed by atoms with van der Waals surface area (Å²) < 4.78 is 7.84. The smallest absolute Gasteiger partial charge is 0.147 e. The van der Waals surface area contributed by atoms with Crippen molar-refractivity contribution in [2.45, 2.75) is 19.9 Å². The molecule has 5 heteroatoms. The molecule has 0 fully saturated rings. The highest BCUT2D eigenvalue weighted by atomic mass is 79.9. The molecule has 0 aliphatic rings. The number of rotatable bonds is 7. The van der Waals surface area contributed by atoms with Gasteiger partial charge in [-0.3, -0.25) is 4.98 Å². The molecule has 2 rings (SSSR count). The van der Waals surface area contributed by atoms with E-state index in [0.717, 1.165) is 34.2 Å². The van der Waals surface area contributed by atoms with Crippen LogP contribution in [0, 0.1) is 0 Å². The molecule has 1 aromatic heterocycles. The summed E-state index contributed by atoms with van der Waals surface area (Å²) in [6.07, 6.45) is 4.47. The minimum absolute atomic E-state index is 0.633. The van der Waals surface area contributed by atoms with Gasteiger partial charge in [0.05, 0.1) is 15.6 Å². The fourth-order valence-corrected chi connectivity index (χ4v) is 3.45. The average molecular weight is 414 g/mol. The summed E-state index contributed by atoms with van der Waals surface area (Å²) in [6.45, 7) is 4.54. The summed E-state index contributed by atoms with van der Waals surface area (Å²) in [4.78, 5) is 4.01. The van der Waals surface area contributed by atoms with Crippen LogP contribution >= 0.6 is 31.9 Å². The maximum Gasteiger partial charge on any atom is 0.147 e. The van der Waals surface area contributed by atoms with Crippen molar-refractivity contribution in [1.29, 1.82) is 0 Å². The van der Waals surface area contributed by atoms with Crippen LogP contribution in [0.3, 0.4) is 0 Å².